The maximum absolute atomic E-state index is 12.4. The van der Waals surface area contributed by atoms with Gasteiger partial charge in [0.05, 0.1) is 7.11 Å². The average molecular weight is 362 g/mol. The van der Waals surface area contributed by atoms with Crippen molar-refractivity contribution >= 4 is 17.4 Å². The summed E-state index contributed by atoms with van der Waals surface area (Å²) in [6.07, 6.45) is 0.844. The van der Waals surface area contributed by atoms with Crippen LogP contribution in [-0.4, -0.2) is 23.2 Å². The molecule has 0 spiro atoms. The van der Waals surface area contributed by atoms with Crippen LogP contribution in [-0.2, 0) is 13.0 Å². The molecule has 0 saturated carbocycles. The third-order valence-electron chi connectivity index (χ3n) is 4.18. The molecule has 0 fully saturated rings. The van der Waals surface area contributed by atoms with Crippen LogP contribution in [0.4, 0.5) is 11.5 Å². The van der Waals surface area contributed by atoms with Gasteiger partial charge < -0.3 is 15.4 Å². The van der Waals surface area contributed by atoms with E-state index in [-0.39, 0.29) is 11.6 Å². The molecule has 3 rings (SSSR count). The fraction of sp³-hybridized carbons (Fsp3) is 0.190. The molecule has 0 bridgehead atoms. The Kier molecular flexibility index (Phi) is 5.99. The van der Waals surface area contributed by atoms with Gasteiger partial charge in [-0.1, -0.05) is 37.3 Å². The highest BCUT2D eigenvalue weighted by Gasteiger charge is 2.10. The van der Waals surface area contributed by atoms with Gasteiger partial charge in [0.15, 0.2) is 5.69 Å². The molecule has 0 unspecified atom stereocenters. The maximum Gasteiger partial charge on any atom is 0.276 e. The smallest absolute Gasteiger partial charge is 0.276 e. The number of hydrogen-bond acceptors (Lipinski definition) is 5. The molecular weight excluding hydrogens is 340 g/mol. The molecule has 6 heteroatoms. The normalized spacial score (nSPS) is 10.3. The van der Waals surface area contributed by atoms with Crippen molar-refractivity contribution in [3.05, 3.63) is 77.5 Å². The Morgan fingerprint density at radius 2 is 1.78 bits per heavy atom. The highest BCUT2D eigenvalue weighted by molar-refractivity contribution is 6.03. The Balaban J connectivity index is 1.59. The first-order chi connectivity index (χ1) is 13.2. The molecule has 0 atom stereocenters. The number of methoxy groups -OCH3 is 1. The SMILES string of the molecule is CCc1ccccc1NC(=O)c1ccc(NCc2ccc(OC)cc2)nn1. The van der Waals surface area contributed by atoms with Crippen LogP contribution in [0.25, 0.3) is 0 Å². The molecule has 1 amide bonds. The number of amides is 1. The first kappa shape index (κ1) is 18.4. The molecule has 3 aromatic rings. The lowest BCUT2D eigenvalue weighted by Gasteiger charge is -2.09. The van der Waals surface area contributed by atoms with Crippen molar-refractivity contribution in [2.24, 2.45) is 0 Å². The zero-order chi connectivity index (χ0) is 19.1. The van der Waals surface area contributed by atoms with E-state index in [1.165, 1.54) is 0 Å². The van der Waals surface area contributed by atoms with Crippen molar-refractivity contribution in [3.63, 3.8) is 0 Å². The van der Waals surface area contributed by atoms with E-state index in [9.17, 15) is 4.79 Å². The molecule has 2 aromatic carbocycles. The number of nitrogens with one attached hydrogen (secondary N) is 2. The number of para-hydroxylation sites is 1. The number of hydrogen-bond donors (Lipinski definition) is 2. The Morgan fingerprint density at radius 3 is 2.44 bits per heavy atom. The third-order valence-corrected chi connectivity index (χ3v) is 4.18. The average Bonchev–Trinajstić information content (AvgIpc) is 2.73. The number of carbonyl (C=O) groups excluding carboxylic acids is 1. The van der Waals surface area contributed by atoms with Gasteiger partial charge in [0.2, 0.25) is 0 Å². The van der Waals surface area contributed by atoms with Crippen molar-refractivity contribution < 1.29 is 9.53 Å². The summed E-state index contributed by atoms with van der Waals surface area (Å²) in [5.74, 6) is 1.15. The quantitative estimate of drug-likeness (QED) is 0.666. The molecule has 0 radical (unpaired) electrons. The van der Waals surface area contributed by atoms with Crippen molar-refractivity contribution in [3.8, 4) is 5.75 Å². The van der Waals surface area contributed by atoms with Crippen LogP contribution in [0.2, 0.25) is 0 Å². The first-order valence-corrected chi connectivity index (χ1v) is 8.79. The van der Waals surface area contributed by atoms with Crippen LogP contribution in [0.3, 0.4) is 0 Å². The van der Waals surface area contributed by atoms with Crippen molar-refractivity contribution in [2.75, 3.05) is 17.7 Å². The number of aryl methyl sites for hydroxylation is 1. The molecule has 0 saturated heterocycles. The largest absolute Gasteiger partial charge is 0.497 e. The van der Waals surface area contributed by atoms with Crippen LogP contribution in [0.15, 0.2) is 60.7 Å². The zero-order valence-corrected chi connectivity index (χ0v) is 15.4. The fourth-order valence-corrected chi connectivity index (χ4v) is 2.62. The molecule has 0 aliphatic rings. The number of rotatable bonds is 7. The summed E-state index contributed by atoms with van der Waals surface area (Å²) in [7, 11) is 1.64. The van der Waals surface area contributed by atoms with Gasteiger partial charge in [0.1, 0.15) is 11.6 Å². The number of nitrogens with zero attached hydrogens (tertiary/aromatic N) is 2. The maximum atomic E-state index is 12.4. The predicted octanol–water partition coefficient (Wildman–Crippen LogP) is 3.91. The molecule has 2 N–H and O–H groups in total. The van der Waals surface area contributed by atoms with Crippen LogP contribution in [0.5, 0.6) is 5.75 Å². The molecular formula is C21H22N4O2. The second-order valence-corrected chi connectivity index (χ2v) is 5.97. The lowest BCUT2D eigenvalue weighted by Crippen LogP contribution is -2.15. The molecule has 6 nitrogen and oxygen atoms in total. The van der Waals surface area contributed by atoms with Crippen LogP contribution >= 0.6 is 0 Å². The third kappa shape index (κ3) is 4.82. The van der Waals surface area contributed by atoms with Gasteiger partial charge in [-0.2, -0.15) is 0 Å². The van der Waals surface area contributed by atoms with E-state index >= 15 is 0 Å². The summed E-state index contributed by atoms with van der Waals surface area (Å²) >= 11 is 0. The minimum atomic E-state index is -0.273. The molecule has 0 aliphatic carbocycles. The zero-order valence-electron chi connectivity index (χ0n) is 15.4. The van der Waals surface area contributed by atoms with Gasteiger partial charge in [0.25, 0.3) is 5.91 Å². The van der Waals surface area contributed by atoms with Gasteiger partial charge >= 0.3 is 0 Å². The molecule has 0 aliphatic heterocycles. The number of benzene rings is 2. The van der Waals surface area contributed by atoms with E-state index < -0.39 is 0 Å². The Hall–Kier alpha value is -3.41. The summed E-state index contributed by atoms with van der Waals surface area (Å²) in [6.45, 7) is 2.65. The number of aromatic nitrogens is 2. The number of anilines is 2. The second-order valence-electron chi connectivity index (χ2n) is 5.97. The summed E-state index contributed by atoms with van der Waals surface area (Å²) in [5.41, 5.74) is 3.25. The van der Waals surface area contributed by atoms with Crippen LogP contribution in [0.1, 0.15) is 28.5 Å². The van der Waals surface area contributed by atoms with E-state index in [4.69, 9.17) is 4.74 Å². The highest BCUT2D eigenvalue weighted by Crippen LogP contribution is 2.17. The summed E-state index contributed by atoms with van der Waals surface area (Å²) < 4.78 is 5.14. The number of ether oxygens (including phenoxy) is 1. The van der Waals surface area contributed by atoms with E-state index in [1.54, 1.807) is 19.2 Å². The first-order valence-electron chi connectivity index (χ1n) is 8.79. The lowest BCUT2D eigenvalue weighted by atomic mass is 10.1. The van der Waals surface area contributed by atoms with Gasteiger partial charge in [-0.25, -0.2) is 0 Å². The Morgan fingerprint density at radius 1 is 1.00 bits per heavy atom. The molecule has 138 valence electrons. The summed E-state index contributed by atoms with van der Waals surface area (Å²) in [6, 6.07) is 18.9. The molecule has 1 heterocycles. The van der Waals surface area contributed by atoms with E-state index in [0.29, 0.717) is 12.4 Å². The predicted molar refractivity (Wildman–Crippen MR) is 106 cm³/mol. The van der Waals surface area contributed by atoms with Crippen molar-refractivity contribution in [2.45, 2.75) is 19.9 Å². The van der Waals surface area contributed by atoms with Gasteiger partial charge in [-0.3, -0.25) is 4.79 Å². The van der Waals surface area contributed by atoms with Crippen molar-refractivity contribution in [1.82, 2.24) is 10.2 Å². The topological polar surface area (TPSA) is 76.1 Å². The fourth-order valence-electron chi connectivity index (χ4n) is 2.62. The minimum absolute atomic E-state index is 0.273. The molecule has 27 heavy (non-hydrogen) atoms. The van der Waals surface area contributed by atoms with Crippen LogP contribution in [0, 0.1) is 0 Å². The summed E-state index contributed by atoms with van der Waals surface area (Å²) in [5, 5.41) is 14.2. The Labute approximate surface area is 158 Å². The monoisotopic (exact) mass is 362 g/mol. The van der Waals surface area contributed by atoms with Crippen molar-refractivity contribution in [1.29, 1.82) is 0 Å². The van der Waals surface area contributed by atoms with Gasteiger partial charge in [-0.05, 0) is 47.9 Å². The molecule has 1 aromatic heterocycles. The number of carbonyl (C=O) groups is 1. The van der Waals surface area contributed by atoms with E-state index in [2.05, 4.69) is 20.8 Å². The lowest BCUT2D eigenvalue weighted by molar-refractivity contribution is 0.102. The second kappa shape index (κ2) is 8.80. The van der Waals surface area contributed by atoms with E-state index in [1.807, 2.05) is 55.5 Å². The Bertz CT molecular complexity index is 893. The van der Waals surface area contributed by atoms with Gasteiger partial charge in [0, 0.05) is 12.2 Å². The summed E-state index contributed by atoms with van der Waals surface area (Å²) in [4.78, 5) is 12.4. The standard InChI is InChI=1S/C21H22N4O2/c1-3-16-6-4-5-7-18(16)23-21(26)19-12-13-20(25-24-19)22-14-15-8-10-17(27-2)11-9-15/h4-13H,3,14H2,1-2H3,(H,22,25)(H,23,26). The van der Waals surface area contributed by atoms with Crippen LogP contribution < -0.4 is 15.4 Å². The van der Waals surface area contributed by atoms with E-state index in [0.717, 1.165) is 29.0 Å². The highest BCUT2D eigenvalue weighted by atomic mass is 16.5. The van der Waals surface area contributed by atoms with Gasteiger partial charge in [-0.15, -0.1) is 10.2 Å². The minimum Gasteiger partial charge on any atom is -0.497 e.